The Morgan fingerprint density at radius 3 is 2.52 bits per heavy atom. The molecule has 0 aliphatic heterocycles. The van der Waals surface area contributed by atoms with E-state index in [1.165, 1.54) is 0 Å². The number of rotatable bonds is 6. The smallest absolute Gasteiger partial charge is 0.251 e. The van der Waals surface area contributed by atoms with E-state index < -0.39 is 29.6 Å². The minimum absolute atomic E-state index is 0.0670. The zero-order valence-electron chi connectivity index (χ0n) is 12.6. The summed E-state index contributed by atoms with van der Waals surface area (Å²) in [5.41, 5.74) is -0.0670. The molecule has 2 amide bonds. The molecular formula is C16H20F2N2O3. The maximum atomic E-state index is 13.0. The van der Waals surface area contributed by atoms with Gasteiger partial charge in [-0.1, -0.05) is 12.8 Å². The average molecular weight is 326 g/mol. The molecule has 1 aromatic carbocycles. The molecule has 0 spiro atoms. The summed E-state index contributed by atoms with van der Waals surface area (Å²) in [6.07, 6.45) is 3.54. The molecule has 1 aliphatic rings. The van der Waals surface area contributed by atoms with Crippen LogP contribution in [0.2, 0.25) is 0 Å². The minimum Gasteiger partial charge on any atom is -0.391 e. The fourth-order valence-electron chi connectivity index (χ4n) is 2.69. The van der Waals surface area contributed by atoms with Gasteiger partial charge in [0.15, 0.2) is 11.6 Å². The van der Waals surface area contributed by atoms with Crippen LogP contribution in [0.25, 0.3) is 0 Å². The number of nitrogens with one attached hydrogen (secondary N) is 2. The Bertz CT molecular complexity index is 574. The molecule has 0 radical (unpaired) electrons. The molecule has 3 N–H and O–H groups in total. The lowest BCUT2D eigenvalue weighted by atomic mass is 10.0. The molecule has 2 rings (SSSR count). The largest absolute Gasteiger partial charge is 0.391 e. The van der Waals surface area contributed by atoms with E-state index in [9.17, 15) is 23.5 Å². The molecule has 23 heavy (non-hydrogen) atoms. The van der Waals surface area contributed by atoms with Gasteiger partial charge in [0.1, 0.15) is 0 Å². The highest BCUT2D eigenvalue weighted by Gasteiger charge is 2.23. The lowest BCUT2D eigenvalue weighted by Gasteiger charge is -2.18. The maximum absolute atomic E-state index is 13.0. The number of amides is 2. The summed E-state index contributed by atoms with van der Waals surface area (Å²) in [5.74, 6) is -3.07. The SMILES string of the molecule is O=C(CNC(=O)c1ccc(F)c(F)c1)NCC(O)C1CCCC1. The lowest BCUT2D eigenvalue weighted by molar-refractivity contribution is -0.120. The van der Waals surface area contributed by atoms with E-state index in [0.29, 0.717) is 0 Å². The normalized spacial score (nSPS) is 16.1. The first-order valence-corrected chi connectivity index (χ1v) is 7.65. The Morgan fingerprint density at radius 2 is 1.87 bits per heavy atom. The van der Waals surface area contributed by atoms with Crippen molar-refractivity contribution < 1.29 is 23.5 Å². The number of aliphatic hydroxyl groups is 1. The number of carbonyl (C=O) groups is 2. The van der Waals surface area contributed by atoms with E-state index in [1.54, 1.807) is 0 Å². The Labute approximate surface area is 133 Å². The molecule has 1 unspecified atom stereocenters. The van der Waals surface area contributed by atoms with Gasteiger partial charge in [-0.15, -0.1) is 0 Å². The van der Waals surface area contributed by atoms with Crippen molar-refractivity contribution in [2.75, 3.05) is 13.1 Å². The molecule has 1 aliphatic carbocycles. The number of hydrogen-bond donors (Lipinski definition) is 3. The van der Waals surface area contributed by atoms with Crippen molar-refractivity contribution >= 4 is 11.8 Å². The van der Waals surface area contributed by atoms with E-state index in [1.807, 2.05) is 0 Å². The highest BCUT2D eigenvalue weighted by atomic mass is 19.2. The molecule has 0 heterocycles. The van der Waals surface area contributed by atoms with Crippen molar-refractivity contribution in [1.29, 1.82) is 0 Å². The first-order valence-electron chi connectivity index (χ1n) is 7.65. The predicted molar refractivity (Wildman–Crippen MR) is 79.7 cm³/mol. The van der Waals surface area contributed by atoms with Gasteiger partial charge in [-0.2, -0.15) is 0 Å². The fraction of sp³-hybridized carbons (Fsp3) is 0.500. The summed E-state index contributed by atoms with van der Waals surface area (Å²) >= 11 is 0. The van der Waals surface area contributed by atoms with Gasteiger partial charge in [0.05, 0.1) is 12.6 Å². The molecule has 1 aromatic rings. The first kappa shape index (κ1) is 17.3. The fourth-order valence-corrected chi connectivity index (χ4v) is 2.69. The number of aliphatic hydroxyl groups excluding tert-OH is 1. The standard InChI is InChI=1S/C16H20F2N2O3/c17-12-6-5-11(7-13(12)18)16(23)20-9-15(22)19-8-14(21)10-3-1-2-4-10/h5-7,10,14,21H,1-4,8-9H2,(H,19,22)(H,20,23). The molecule has 1 saturated carbocycles. The molecule has 0 bridgehead atoms. The van der Waals surface area contributed by atoms with Crippen LogP contribution in [0.5, 0.6) is 0 Å². The monoisotopic (exact) mass is 326 g/mol. The third-order valence-corrected chi connectivity index (χ3v) is 4.04. The van der Waals surface area contributed by atoms with Crippen molar-refractivity contribution in [1.82, 2.24) is 10.6 Å². The highest BCUT2D eigenvalue weighted by molar-refractivity contribution is 5.96. The zero-order valence-corrected chi connectivity index (χ0v) is 12.6. The van der Waals surface area contributed by atoms with E-state index >= 15 is 0 Å². The highest BCUT2D eigenvalue weighted by Crippen LogP contribution is 2.27. The molecule has 0 saturated heterocycles. The van der Waals surface area contributed by atoms with Gasteiger partial charge < -0.3 is 15.7 Å². The van der Waals surface area contributed by atoms with Crippen molar-refractivity contribution in [3.05, 3.63) is 35.4 Å². The zero-order chi connectivity index (χ0) is 16.8. The molecule has 0 aromatic heterocycles. The number of hydrogen-bond acceptors (Lipinski definition) is 3. The summed E-state index contributed by atoms with van der Waals surface area (Å²) in [6.45, 7) is -0.153. The van der Waals surface area contributed by atoms with E-state index in [2.05, 4.69) is 10.6 Å². The van der Waals surface area contributed by atoms with Crippen LogP contribution in [0.1, 0.15) is 36.0 Å². The number of benzene rings is 1. The van der Waals surface area contributed by atoms with Gasteiger partial charge in [0.25, 0.3) is 5.91 Å². The second kappa shape index (κ2) is 8.01. The van der Waals surface area contributed by atoms with Crippen LogP contribution in [-0.4, -0.2) is 36.1 Å². The van der Waals surface area contributed by atoms with Crippen LogP contribution < -0.4 is 10.6 Å². The topological polar surface area (TPSA) is 78.4 Å². The second-order valence-electron chi connectivity index (χ2n) is 5.73. The van der Waals surface area contributed by atoms with Crippen LogP contribution in [0.4, 0.5) is 8.78 Å². The summed E-state index contributed by atoms with van der Waals surface area (Å²) in [6, 6.07) is 2.75. The number of halogens is 2. The third-order valence-electron chi connectivity index (χ3n) is 4.04. The Morgan fingerprint density at radius 1 is 1.17 bits per heavy atom. The van der Waals surface area contributed by atoms with Crippen LogP contribution >= 0.6 is 0 Å². The molecule has 1 fully saturated rings. The van der Waals surface area contributed by atoms with Crippen molar-refractivity contribution in [2.24, 2.45) is 5.92 Å². The molecule has 1 atom stereocenters. The van der Waals surface area contributed by atoms with Crippen molar-refractivity contribution in [3.63, 3.8) is 0 Å². The molecule has 7 heteroatoms. The summed E-state index contributed by atoms with van der Waals surface area (Å²) < 4.78 is 25.8. The average Bonchev–Trinajstić information content (AvgIpc) is 3.07. The lowest BCUT2D eigenvalue weighted by Crippen LogP contribution is -2.41. The number of carbonyl (C=O) groups excluding carboxylic acids is 2. The van der Waals surface area contributed by atoms with Gasteiger partial charge in [-0.05, 0) is 37.0 Å². The minimum atomic E-state index is -1.12. The van der Waals surface area contributed by atoms with E-state index in [4.69, 9.17) is 0 Å². The van der Waals surface area contributed by atoms with Gasteiger partial charge >= 0.3 is 0 Å². The van der Waals surface area contributed by atoms with Crippen molar-refractivity contribution in [2.45, 2.75) is 31.8 Å². The van der Waals surface area contributed by atoms with E-state index in [0.717, 1.165) is 43.9 Å². The second-order valence-corrected chi connectivity index (χ2v) is 5.73. The molecule has 126 valence electrons. The Hall–Kier alpha value is -2.02. The first-order chi connectivity index (χ1) is 11.0. The van der Waals surface area contributed by atoms with E-state index in [-0.39, 0.29) is 24.6 Å². The van der Waals surface area contributed by atoms with Crippen molar-refractivity contribution in [3.8, 4) is 0 Å². The van der Waals surface area contributed by atoms with Gasteiger partial charge in [0, 0.05) is 12.1 Å². The molecule has 5 nitrogen and oxygen atoms in total. The Kier molecular flexibility index (Phi) is 6.04. The van der Waals surface area contributed by atoms with Crippen LogP contribution in [0.3, 0.4) is 0 Å². The summed E-state index contributed by atoms with van der Waals surface area (Å²) in [7, 11) is 0. The van der Waals surface area contributed by atoms with Gasteiger partial charge in [-0.25, -0.2) is 8.78 Å². The van der Waals surface area contributed by atoms with Crippen LogP contribution in [-0.2, 0) is 4.79 Å². The van der Waals surface area contributed by atoms with Crippen LogP contribution in [0, 0.1) is 17.6 Å². The Balaban J connectivity index is 1.72. The predicted octanol–water partition coefficient (Wildman–Crippen LogP) is 1.36. The quantitative estimate of drug-likeness (QED) is 0.739. The van der Waals surface area contributed by atoms with Gasteiger partial charge in [0.2, 0.25) is 5.91 Å². The van der Waals surface area contributed by atoms with Gasteiger partial charge in [-0.3, -0.25) is 9.59 Å². The maximum Gasteiger partial charge on any atom is 0.251 e. The summed E-state index contributed by atoms with van der Waals surface area (Å²) in [5, 5.41) is 14.8. The third kappa shape index (κ3) is 4.99. The van der Waals surface area contributed by atoms with Crippen LogP contribution in [0.15, 0.2) is 18.2 Å². The summed E-state index contributed by atoms with van der Waals surface area (Å²) in [4.78, 5) is 23.4. The molecular weight excluding hydrogens is 306 g/mol.